The second-order valence-corrected chi connectivity index (χ2v) is 5.97. The van der Waals surface area contributed by atoms with Gasteiger partial charge in [-0.15, -0.1) is 0 Å². The number of carbonyl (C=O) groups excluding carboxylic acids is 2. The summed E-state index contributed by atoms with van der Waals surface area (Å²) >= 11 is 3.44. The van der Waals surface area contributed by atoms with Gasteiger partial charge < -0.3 is 5.32 Å². The maximum Gasteiger partial charge on any atom is 0.251 e. The number of amides is 1. The minimum atomic E-state index is -0.100. The Morgan fingerprint density at radius 2 is 2.05 bits per heavy atom. The molecule has 0 bridgehead atoms. The lowest BCUT2D eigenvalue weighted by Crippen LogP contribution is -2.32. The van der Waals surface area contributed by atoms with Gasteiger partial charge in [0.2, 0.25) is 0 Å². The lowest BCUT2D eigenvalue weighted by atomic mass is 9.93. The summed E-state index contributed by atoms with van der Waals surface area (Å²) in [6.45, 7) is 2.56. The first kappa shape index (κ1) is 14.0. The highest BCUT2D eigenvalue weighted by atomic mass is 79.9. The Balaban J connectivity index is 2.05. The zero-order valence-corrected chi connectivity index (χ0v) is 13.2. The first-order valence-corrected chi connectivity index (χ1v) is 7.58. The van der Waals surface area contributed by atoms with Crippen LogP contribution in [0.15, 0.2) is 40.9 Å². The lowest BCUT2D eigenvalue weighted by molar-refractivity contribution is 0.0946. The molecule has 3 rings (SSSR count). The van der Waals surface area contributed by atoms with Crippen molar-refractivity contribution in [3.63, 3.8) is 0 Å². The maximum absolute atomic E-state index is 12.7. The van der Waals surface area contributed by atoms with E-state index in [0.29, 0.717) is 23.2 Å². The zero-order chi connectivity index (χ0) is 15.0. The van der Waals surface area contributed by atoms with Gasteiger partial charge in [0, 0.05) is 27.7 Å². The van der Waals surface area contributed by atoms with Crippen molar-refractivity contribution in [3.8, 4) is 0 Å². The maximum atomic E-state index is 12.7. The topological polar surface area (TPSA) is 46.2 Å². The van der Waals surface area contributed by atoms with Crippen molar-refractivity contribution in [1.29, 1.82) is 0 Å². The molecular formula is C17H14BrNO2. The van der Waals surface area contributed by atoms with Crippen LogP contribution < -0.4 is 5.32 Å². The molecule has 0 radical (unpaired) electrons. The summed E-state index contributed by atoms with van der Waals surface area (Å²) in [5, 5.41) is 2.81. The van der Waals surface area contributed by atoms with Gasteiger partial charge in [0.1, 0.15) is 0 Å². The molecule has 0 saturated carbocycles. The van der Waals surface area contributed by atoms with Crippen molar-refractivity contribution in [1.82, 2.24) is 5.32 Å². The van der Waals surface area contributed by atoms with Crippen LogP contribution in [0.2, 0.25) is 0 Å². The van der Waals surface area contributed by atoms with E-state index in [-0.39, 0.29) is 11.7 Å². The van der Waals surface area contributed by atoms with Crippen molar-refractivity contribution in [2.45, 2.75) is 13.3 Å². The largest absolute Gasteiger partial charge is 0.352 e. The number of rotatable bonds is 2. The molecule has 4 heteroatoms. The van der Waals surface area contributed by atoms with Gasteiger partial charge in [-0.3, -0.25) is 9.59 Å². The highest BCUT2D eigenvalue weighted by Gasteiger charge is 2.20. The predicted molar refractivity (Wildman–Crippen MR) is 84.8 cm³/mol. The molecule has 1 heterocycles. The van der Waals surface area contributed by atoms with Crippen LogP contribution in [-0.2, 0) is 6.42 Å². The Bertz CT molecular complexity index is 752. The molecule has 21 heavy (non-hydrogen) atoms. The fourth-order valence-electron chi connectivity index (χ4n) is 2.56. The minimum absolute atomic E-state index is 0.0602. The molecule has 1 N–H and O–H groups in total. The van der Waals surface area contributed by atoms with Crippen molar-refractivity contribution in [3.05, 3.63) is 68.7 Å². The third-order valence-electron chi connectivity index (χ3n) is 3.81. The molecule has 0 saturated heterocycles. The van der Waals surface area contributed by atoms with E-state index >= 15 is 0 Å². The SMILES string of the molecule is Cc1c(Br)cccc1C(=O)c1ccc2c(c1)C(=O)NCC2. The number of carbonyl (C=O) groups is 2. The number of ketones is 1. The van der Waals surface area contributed by atoms with Gasteiger partial charge >= 0.3 is 0 Å². The monoisotopic (exact) mass is 343 g/mol. The van der Waals surface area contributed by atoms with Gasteiger partial charge in [0.05, 0.1) is 0 Å². The van der Waals surface area contributed by atoms with Crippen LogP contribution in [0.4, 0.5) is 0 Å². The minimum Gasteiger partial charge on any atom is -0.352 e. The second-order valence-electron chi connectivity index (χ2n) is 5.12. The fraction of sp³-hybridized carbons (Fsp3) is 0.176. The number of hydrogen-bond acceptors (Lipinski definition) is 2. The zero-order valence-electron chi connectivity index (χ0n) is 11.6. The molecule has 0 atom stereocenters. The van der Waals surface area contributed by atoms with Crippen molar-refractivity contribution in [2.75, 3.05) is 6.54 Å². The summed E-state index contributed by atoms with van der Waals surface area (Å²) in [7, 11) is 0. The Hall–Kier alpha value is -1.94. The molecule has 1 amide bonds. The predicted octanol–water partition coefficient (Wildman–Crippen LogP) is 3.27. The molecule has 1 aliphatic rings. The molecule has 0 fully saturated rings. The van der Waals surface area contributed by atoms with Gasteiger partial charge in [0.15, 0.2) is 5.78 Å². The molecule has 1 aliphatic heterocycles. The molecule has 3 nitrogen and oxygen atoms in total. The van der Waals surface area contributed by atoms with E-state index < -0.39 is 0 Å². The number of nitrogens with one attached hydrogen (secondary N) is 1. The van der Waals surface area contributed by atoms with Gasteiger partial charge in [-0.05, 0) is 36.6 Å². The first-order chi connectivity index (χ1) is 10.1. The Kier molecular flexibility index (Phi) is 3.64. The van der Waals surface area contributed by atoms with Crippen molar-refractivity contribution < 1.29 is 9.59 Å². The second kappa shape index (κ2) is 5.45. The number of halogens is 1. The highest BCUT2D eigenvalue weighted by molar-refractivity contribution is 9.10. The number of hydrogen-bond donors (Lipinski definition) is 1. The lowest BCUT2D eigenvalue weighted by Gasteiger charge is -2.17. The quantitative estimate of drug-likeness (QED) is 0.850. The summed E-state index contributed by atoms with van der Waals surface area (Å²) in [5.41, 5.74) is 3.72. The Morgan fingerprint density at radius 1 is 1.24 bits per heavy atom. The number of benzene rings is 2. The smallest absolute Gasteiger partial charge is 0.251 e. The van der Waals surface area contributed by atoms with Crippen LogP contribution in [-0.4, -0.2) is 18.2 Å². The van der Waals surface area contributed by atoms with E-state index in [4.69, 9.17) is 0 Å². The van der Waals surface area contributed by atoms with Gasteiger partial charge in [0.25, 0.3) is 5.91 Å². The van der Waals surface area contributed by atoms with E-state index in [1.54, 1.807) is 12.1 Å². The molecule has 2 aromatic carbocycles. The van der Waals surface area contributed by atoms with Crippen LogP contribution in [0, 0.1) is 6.92 Å². The molecule has 2 aromatic rings. The third kappa shape index (κ3) is 2.51. The van der Waals surface area contributed by atoms with Crippen LogP contribution in [0.25, 0.3) is 0 Å². The van der Waals surface area contributed by atoms with Gasteiger partial charge in [-0.2, -0.15) is 0 Å². The van der Waals surface area contributed by atoms with E-state index in [2.05, 4.69) is 21.2 Å². The third-order valence-corrected chi connectivity index (χ3v) is 4.67. The summed E-state index contributed by atoms with van der Waals surface area (Å²) < 4.78 is 0.907. The van der Waals surface area contributed by atoms with Crippen LogP contribution >= 0.6 is 15.9 Å². The summed E-state index contributed by atoms with van der Waals surface area (Å²) in [6, 6.07) is 10.9. The highest BCUT2D eigenvalue weighted by Crippen LogP contribution is 2.23. The Labute approximate surface area is 131 Å². The van der Waals surface area contributed by atoms with Crippen LogP contribution in [0.5, 0.6) is 0 Å². The first-order valence-electron chi connectivity index (χ1n) is 6.79. The van der Waals surface area contributed by atoms with E-state index in [9.17, 15) is 9.59 Å². The normalized spacial score (nSPS) is 13.5. The summed E-state index contributed by atoms with van der Waals surface area (Å²) in [5.74, 6) is -0.160. The molecule has 106 valence electrons. The fourth-order valence-corrected chi connectivity index (χ4v) is 2.93. The van der Waals surface area contributed by atoms with Crippen LogP contribution in [0.1, 0.15) is 37.4 Å². The van der Waals surface area contributed by atoms with E-state index in [1.807, 2.05) is 31.2 Å². The summed E-state index contributed by atoms with van der Waals surface area (Å²) in [4.78, 5) is 24.5. The molecular weight excluding hydrogens is 330 g/mol. The molecule has 0 unspecified atom stereocenters. The van der Waals surface area contributed by atoms with Crippen molar-refractivity contribution >= 4 is 27.6 Å². The molecule has 0 aliphatic carbocycles. The average Bonchev–Trinajstić information content (AvgIpc) is 2.49. The Morgan fingerprint density at radius 3 is 2.86 bits per heavy atom. The van der Waals surface area contributed by atoms with E-state index in [1.165, 1.54) is 0 Å². The average molecular weight is 344 g/mol. The number of fused-ring (bicyclic) bond motifs is 1. The van der Waals surface area contributed by atoms with Crippen LogP contribution in [0.3, 0.4) is 0 Å². The standard InChI is InChI=1S/C17H14BrNO2/c1-10-13(3-2-4-15(10)18)16(20)12-6-5-11-7-8-19-17(21)14(11)9-12/h2-6,9H,7-8H2,1H3,(H,19,21). The van der Waals surface area contributed by atoms with Gasteiger partial charge in [-0.25, -0.2) is 0 Å². The van der Waals surface area contributed by atoms with Crippen molar-refractivity contribution in [2.24, 2.45) is 0 Å². The summed E-state index contributed by atoms with van der Waals surface area (Å²) in [6.07, 6.45) is 0.811. The van der Waals surface area contributed by atoms with E-state index in [0.717, 1.165) is 22.0 Å². The molecule has 0 aromatic heterocycles. The van der Waals surface area contributed by atoms with Gasteiger partial charge in [-0.1, -0.05) is 40.2 Å². The molecule has 0 spiro atoms.